The standard InChI is InChI=1S/C12H27NS/c1-4-7-10-14-11-8-9-12(5-2)13-6-3/h12-13H,4-11H2,1-3H3. The maximum Gasteiger partial charge on any atom is 0.00646 e. The molecule has 0 rings (SSSR count). The summed E-state index contributed by atoms with van der Waals surface area (Å²) >= 11 is 2.12. The van der Waals surface area contributed by atoms with Crippen molar-refractivity contribution in [2.45, 2.75) is 58.9 Å². The Kier molecular flexibility index (Phi) is 11.6. The molecule has 0 saturated carbocycles. The van der Waals surface area contributed by atoms with Crippen LogP contribution in [0.1, 0.15) is 52.9 Å². The van der Waals surface area contributed by atoms with Crippen LogP contribution in [0.4, 0.5) is 0 Å². The van der Waals surface area contributed by atoms with Crippen LogP contribution in [0.3, 0.4) is 0 Å². The monoisotopic (exact) mass is 217 g/mol. The molecule has 1 nitrogen and oxygen atoms in total. The Hall–Kier alpha value is 0.310. The highest BCUT2D eigenvalue weighted by Crippen LogP contribution is 2.10. The van der Waals surface area contributed by atoms with Crippen molar-refractivity contribution >= 4 is 11.8 Å². The van der Waals surface area contributed by atoms with E-state index in [2.05, 4.69) is 37.8 Å². The van der Waals surface area contributed by atoms with E-state index in [0.717, 1.165) is 12.6 Å². The molecule has 0 bridgehead atoms. The minimum Gasteiger partial charge on any atom is -0.314 e. The number of hydrogen-bond acceptors (Lipinski definition) is 2. The van der Waals surface area contributed by atoms with E-state index in [0.29, 0.717) is 0 Å². The second kappa shape index (κ2) is 11.4. The minimum atomic E-state index is 0.756. The molecule has 2 heteroatoms. The third-order valence-electron chi connectivity index (χ3n) is 2.47. The molecule has 1 unspecified atom stereocenters. The van der Waals surface area contributed by atoms with Crippen molar-refractivity contribution in [2.24, 2.45) is 0 Å². The largest absolute Gasteiger partial charge is 0.314 e. The van der Waals surface area contributed by atoms with Crippen LogP contribution in [0.15, 0.2) is 0 Å². The summed E-state index contributed by atoms with van der Waals surface area (Å²) < 4.78 is 0. The fraction of sp³-hybridized carbons (Fsp3) is 1.00. The van der Waals surface area contributed by atoms with E-state index in [4.69, 9.17) is 0 Å². The first kappa shape index (κ1) is 14.3. The second-order valence-electron chi connectivity index (χ2n) is 3.77. The van der Waals surface area contributed by atoms with E-state index in [1.807, 2.05) is 0 Å². The predicted octanol–water partition coefficient (Wildman–Crippen LogP) is 3.69. The van der Waals surface area contributed by atoms with Gasteiger partial charge in [0, 0.05) is 6.04 Å². The minimum absolute atomic E-state index is 0.756. The van der Waals surface area contributed by atoms with Crippen molar-refractivity contribution in [3.8, 4) is 0 Å². The number of hydrogen-bond donors (Lipinski definition) is 1. The van der Waals surface area contributed by atoms with E-state index < -0.39 is 0 Å². The van der Waals surface area contributed by atoms with Crippen LogP contribution in [0.2, 0.25) is 0 Å². The van der Waals surface area contributed by atoms with Gasteiger partial charge in [0.15, 0.2) is 0 Å². The maximum absolute atomic E-state index is 3.53. The molecule has 0 aromatic rings. The number of thioether (sulfide) groups is 1. The van der Waals surface area contributed by atoms with Crippen molar-refractivity contribution in [2.75, 3.05) is 18.1 Å². The van der Waals surface area contributed by atoms with E-state index >= 15 is 0 Å². The average molecular weight is 217 g/mol. The molecule has 0 aliphatic heterocycles. The average Bonchev–Trinajstić information content (AvgIpc) is 2.21. The molecule has 0 amide bonds. The molecular formula is C12H27NS. The first-order valence-corrected chi connectivity index (χ1v) is 7.31. The summed E-state index contributed by atoms with van der Waals surface area (Å²) in [6, 6.07) is 0.756. The fourth-order valence-electron chi connectivity index (χ4n) is 1.52. The molecule has 0 radical (unpaired) electrons. The highest BCUT2D eigenvalue weighted by molar-refractivity contribution is 7.99. The molecule has 0 aliphatic carbocycles. The molecule has 14 heavy (non-hydrogen) atoms. The van der Waals surface area contributed by atoms with Gasteiger partial charge in [-0.25, -0.2) is 0 Å². The van der Waals surface area contributed by atoms with Crippen LogP contribution in [-0.4, -0.2) is 24.1 Å². The summed E-state index contributed by atoms with van der Waals surface area (Å²) in [4.78, 5) is 0. The van der Waals surface area contributed by atoms with Gasteiger partial charge in [-0.3, -0.25) is 0 Å². The van der Waals surface area contributed by atoms with Gasteiger partial charge in [0.25, 0.3) is 0 Å². The number of nitrogens with one attached hydrogen (secondary N) is 1. The van der Waals surface area contributed by atoms with Gasteiger partial charge in [-0.15, -0.1) is 0 Å². The highest BCUT2D eigenvalue weighted by atomic mass is 32.2. The lowest BCUT2D eigenvalue weighted by molar-refractivity contribution is 0.477. The fourth-order valence-corrected chi connectivity index (χ4v) is 2.59. The van der Waals surface area contributed by atoms with E-state index in [-0.39, 0.29) is 0 Å². The number of rotatable bonds is 10. The van der Waals surface area contributed by atoms with E-state index in [1.165, 1.54) is 43.6 Å². The Balaban J connectivity index is 3.15. The summed E-state index contributed by atoms with van der Waals surface area (Å²) in [6.07, 6.45) is 6.72. The molecular weight excluding hydrogens is 190 g/mol. The molecule has 0 spiro atoms. The van der Waals surface area contributed by atoms with Crippen LogP contribution in [-0.2, 0) is 0 Å². The maximum atomic E-state index is 3.53. The third-order valence-corrected chi connectivity index (χ3v) is 3.62. The Morgan fingerprint density at radius 1 is 1.07 bits per heavy atom. The second-order valence-corrected chi connectivity index (χ2v) is 5.00. The molecule has 0 aliphatic rings. The van der Waals surface area contributed by atoms with Gasteiger partial charge in [-0.2, -0.15) is 11.8 Å². The first-order chi connectivity index (χ1) is 6.85. The first-order valence-electron chi connectivity index (χ1n) is 6.16. The summed E-state index contributed by atoms with van der Waals surface area (Å²) in [6.45, 7) is 7.84. The quantitative estimate of drug-likeness (QED) is 0.560. The Morgan fingerprint density at radius 2 is 1.79 bits per heavy atom. The van der Waals surface area contributed by atoms with Crippen LogP contribution in [0.25, 0.3) is 0 Å². The highest BCUT2D eigenvalue weighted by Gasteiger charge is 2.02. The predicted molar refractivity (Wildman–Crippen MR) is 69.2 cm³/mol. The Bertz CT molecular complexity index is 106. The van der Waals surface area contributed by atoms with Crippen LogP contribution < -0.4 is 5.32 Å². The van der Waals surface area contributed by atoms with Gasteiger partial charge >= 0.3 is 0 Å². The van der Waals surface area contributed by atoms with Crippen molar-refractivity contribution in [1.29, 1.82) is 0 Å². The van der Waals surface area contributed by atoms with Gasteiger partial charge in [0.2, 0.25) is 0 Å². The van der Waals surface area contributed by atoms with Crippen LogP contribution in [0.5, 0.6) is 0 Å². The molecule has 86 valence electrons. The molecule has 0 aromatic heterocycles. The van der Waals surface area contributed by atoms with Gasteiger partial charge in [-0.1, -0.05) is 27.2 Å². The van der Waals surface area contributed by atoms with Gasteiger partial charge in [-0.05, 0) is 43.7 Å². The summed E-state index contributed by atoms with van der Waals surface area (Å²) in [5, 5.41) is 3.53. The topological polar surface area (TPSA) is 12.0 Å². The van der Waals surface area contributed by atoms with Gasteiger partial charge in [0.05, 0.1) is 0 Å². The van der Waals surface area contributed by atoms with E-state index in [9.17, 15) is 0 Å². The van der Waals surface area contributed by atoms with Crippen molar-refractivity contribution in [1.82, 2.24) is 5.32 Å². The zero-order valence-electron chi connectivity index (χ0n) is 10.1. The molecule has 0 heterocycles. The lowest BCUT2D eigenvalue weighted by Gasteiger charge is -2.14. The van der Waals surface area contributed by atoms with Gasteiger partial charge in [0.1, 0.15) is 0 Å². The van der Waals surface area contributed by atoms with Crippen molar-refractivity contribution < 1.29 is 0 Å². The third kappa shape index (κ3) is 8.89. The Labute approximate surface area is 94.4 Å². The molecule has 0 fully saturated rings. The van der Waals surface area contributed by atoms with Crippen molar-refractivity contribution in [3.05, 3.63) is 0 Å². The zero-order chi connectivity index (χ0) is 10.6. The van der Waals surface area contributed by atoms with Crippen molar-refractivity contribution in [3.63, 3.8) is 0 Å². The molecule has 1 atom stereocenters. The van der Waals surface area contributed by atoms with E-state index in [1.54, 1.807) is 0 Å². The number of unbranched alkanes of at least 4 members (excludes halogenated alkanes) is 1. The summed E-state index contributed by atoms with van der Waals surface area (Å²) in [5.41, 5.74) is 0. The normalized spacial score (nSPS) is 13.1. The summed E-state index contributed by atoms with van der Waals surface area (Å²) in [5.74, 6) is 2.70. The van der Waals surface area contributed by atoms with Crippen LogP contribution >= 0.6 is 11.8 Å². The SMILES string of the molecule is CCCCSCCCC(CC)NCC. The smallest absolute Gasteiger partial charge is 0.00646 e. The van der Waals surface area contributed by atoms with Gasteiger partial charge < -0.3 is 5.32 Å². The van der Waals surface area contributed by atoms with Crippen LogP contribution in [0, 0.1) is 0 Å². The summed E-state index contributed by atoms with van der Waals surface area (Å²) in [7, 11) is 0. The molecule has 0 saturated heterocycles. The lowest BCUT2D eigenvalue weighted by atomic mass is 10.1. The molecule has 0 aromatic carbocycles. The Morgan fingerprint density at radius 3 is 2.36 bits per heavy atom. The zero-order valence-corrected chi connectivity index (χ0v) is 11.0. The lowest BCUT2D eigenvalue weighted by Crippen LogP contribution is -2.28. The molecule has 1 N–H and O–H groups in total.